The summed E-state index contributed by atoms with van der Waals surface area (Å²) in [5, 5.41) is 1.57. The maximum Gasteiger partial charge on any atom is 0.294 e. The number of piperazine rings is 1. The first-order valence-electron chi connectivity index (χ1n) is 9.82. The van der Waals surface area contributed by atoms with Gasteiger partial charge in [-0.1, -0.05) is 23.7 Å². The lowest BCUT2D eigenvalue weighted by Crippen LogP contribution is -2.54. The van der Waals surface area contributed by atoms with Gasteiger partial charge in [0.25, 0.3) is 5.91 Å². The molecular formula is C21H23ClN4O4S. The molecule has 31 heavy (non-hydrogen) atoms. The van der Waals surface area contributed by atoms with Crippen molar-refractivity contribution in [3.63, 3.8) is 0 Å². The molecule has 0 radical (unpaired) electrons. The first kappa shape index (κ1) is 21.5. The highest BCUT2D eigenvalue weighted by atomic mass is 35.5. The van der Waals surface area contributed by atoms with Gasteiger partial charge in [0.15, 0.2) is 5.75 Å². The van der Waals surface area contributed by atoms with Gasteiger partial charge in [-0.15, -0.1) is 0 Å². The molecule has 10 heteroatoms. The van der Waals surface area contributed by atoms with Crippen molar-refractivity contribution < 1.29 is 18.7 Å². The number of nitrogens with zero attached hydrogens (tertiary/aromatic N) is 4. The summed E-state index contributed by atoms with van der Waals surface area (Å²) >= 11 is 7.33. The molecule has 1 aliphatic heterocycles. The van der Waals surface area contributed by atoms with Crippen LogP contribution in [0.1, 0.15) is 28.9 Å². The fourth-order valence-electron chi connectivity index (χ4n) is 3.61. The van der Waals surface area contributed by atoms with E-state index in [0.717, 1.165) is 16.5 Å². The van der Waals surface area contributed by atoms with Crippen LogP contribution in [-0.4, -0.2) is 60.1 Å². The van der Waals surface area contributed by atoms with Crippen LogP contribution in [-0.2, 0) is 6.42 Å². The van der Waals surface area contributed by atoms with Crippen LogP contribution in [0, 0.1) is 0 Å². The lowest BCUT2D eigenvalue weighted by molar-refractivity contribution is 0.0636. The first-order valence-corrected chi connectivity index (χ1v) is 11.0. The molecule has 1 amide bonds. The average Bonchev–Trinajstić information content (AvgIpc) is 3.41. The number of rotatable bonds is 6. The number of benzene rings is 1. The van der Waals surface area contributed by atoms with Gasteiger partial charge >= 0.3 is 0 Å². The van der Waals surface area contributed by atoms with E-state index in [1.165, 1.54) is 32.0 Å². The third-order valence-corrected chi connectivity index (χ3v) is 6.29. The quantitative estimate of drug-likeness (QED) is 0.551. The number of amides is 1. The van der Waals surface area contributed by atoms with Crippen molar-refractivity contribution in [2.45, 2.75) is 19.4 Å². The Hall–Kier alpha value is -2.78. The van der Waals surface area contributed by atoms with E-state index in [1.54, 1.807) is 4.90 Å². The van der Waals surface area contributed by atoms with E-state index in [1.807, 2.05) is 31.2 Å². The second kappa shape index (κ2) is 9.15. The average molecular weight is 463 g/mol. The number of hydrogen-bond acceptors (Lipinski definition) is 8. The fourth-order valence-corrected chi connectivity index (χ4v) is 4.45. The molecular weight excluding hydrogens is 440 g/mol. The van der Waals surface area contributed by atoms with Crippen molar-refractivity contribution in [2.24, 2.45) is 0 Å². The Morgan fingerprint density at radius 2 is 2.03 bits per heavy atom. The Morgan fingerprint density at radius 3 is 2.71 bits per heavy atom. The molecule has 1 unspecified atom stereocenters. The van der Waals surface area contributed by atoms with E-state index < -0.39 is 0 Å². The molecule has 0 spiro atoms. The van der Waals surface area contributed by atoms with Crippen LogP contribution in [0.25, 0.3) is 0 Å². The maximum absolute atomic E-state index is 13.0. The fraction of sp³-hybridized carbons (Fsp3) is 0.381. The molecule has 3 heterocycles. The summed E-state index contributed by atoms with van der Waals surface area (Å²) in [6.45, 7) is 3.86. The lowest BCUT2D eigenvalue weighted by Gasteiger charge is -2.39. The molecule has 3 aromatic rings. The van der Waals surface area contributed by atoms with Crippen LogP contribution in [0.3, 0.4) is 0 Å². The SMILES string of the molecule is COc1coc(C(=O)N2CCN(c3nc(Cc4ccc(Cl)cc4)ns3)CC2C)c1OC. The van der Waals surface area contributed by atoms with Crippen molar-refractivity contribution in [3.8, 4) is 11.5 Å². The van der Waals surface area contributed by atoms with Gasteiger partial charge in [-0.05, 0) is 24.6 Å². The van der Waals surface area contributed by atoms with Gasteiger partial charge in [0.05, 0.1) is 14.2 Å². The minimum absolute atomic E-state index is 0.0364. The molecule has 1 atom stereocenters. The molecule has 0 aliphatic carbocycles. The smallest absolute Gasteiger partial charge is 0.294 e. The van der Waals surface area contributed by atoms with Crippen molar-refractivity contribution >= 4 is 34.2 Å². The Kier molecular flexibility index (Phi) is 6.33. The standard InChI is InChI=1S/C21H23ClN4O4S/c1-13-11-25(21-23-17(24-31-21)10-14-4-6-15(22)7-5-14)8-9-26(13)20(27)19-18(29-3)16(28-2)12-30-19/h4-7,12-13H,8-11H2,1-3H3. The minimum Gasteiger partial charge on any atom is -0.490 e. The monoisotopic (exact) mass is 462 g/mol. The molecule has 0 N–H and O–H groups in total. The van der Waals surface area contributed by atoms with Crippen molar-refractivity contribution in [2.75, 3.05) is 38.8 Å². The summed E-state index contributed by atoms with van der Waals surface area (Å²) in [6, 6.07) is 7.66. The normalized spacial score (nSPS) is 16.5. The number of furan rings is 1. The Balaban J connectivity index is 1.41. The van der Waals surface area contributed by atoms with Gasteiger partial charge in [-0.2, -0.15) is 4.37 Å². The first-order chi connectivity index (χ1) is 15.0. The molecule has 1 fully saturated rings. The Bertz CT molecular complexity index is 1050. The van der Waals surface area contributed by atoms with Gasteiger partial charge in [-0.25, -0.2) is 4.98 Å². The lowest BCUT2D eigenvalue weighted by atomic mass is 10.1. The predicted molar refractivity (Wildman–Crippen MR) is 119 cm³/mol. The van der Waals surface area contributed by atoms with E-state index in [0.29, 0.717) is 42.6 Å². The third kappa shape index (κ3) is 4.47. The molecule has 2 aromatic heterocycles. The van der Waals surface area contributed by atoms with Gasteiger partial charge in [0.1, 0.15) is 12.1 Å². The zero-order valence-corrected chi connectivity index (χ0v) is 19.1. The Labute approximate surface area is 189 Å². The van der Waals surface area contributed by atoms with E-state index in [9.17, 15) is 4.79 Å². The number of carbonyl (C=O) groups is 1. The number of aromatic nitrogens is 2. The highest BCUT2D eigenvalue weighted by molar-refractivity contribution is 7.09. The van der Waals surface area contributed by atoms with Crippen LogP contribution in [0.5, 0.6) is 11.5 Å². The number of carbonyl (C=O) groups excluding carboxylic acids is 1. The van der Waals surface area contributed by atoms with E-state index in [4.69, 9.17) is 30.5 Å². The summed E-state index contributed by atoms with van der Waals surface area (Å²) in [6.07, 6.45) is 2.04. The zero-order valence-electron chi connectivity index (χ0n) is 17.5. The summed E-state index contributed by atoms with van der Waals surface area (Å²) in [5.74, 6) is 1.44. The molecule has 1 aromatic carbocycles. The highest BCUT2D eigenvalue weighted by Gasteiger charge is 2.33. The van der Waals surface area contributed by atoms with Crippen molar-refractivity contribution in [3.05, 3.63) is 52.7 Å². The molecule has 1 saturated heterocycles. The van der Waals surface area contributed by atoms with Crippen molar-refractivity contribution in [1.29, 1.82) is 0 Å². The number of ether oxygens (including phenoxy) is 2. The largest absolute Gasteiger partial charge is 0.490 e. The minimum atomic E-state index is -0.215. The molecule has 8 nitrogen and oxygen atoms in total. The van der Waals surface area contributed by atoms with Gasteiger partial charge in [0, 0.05) is 48.7 Å². The highest BCUT2D eigenvalue weighted by Crippen LogP contribution is 2.34. The molecule has 0 bridgehead atoms. The molecule has 4 rings (SSSR count). The molecule has 1 aliphatic rings. The second-order valence-electron chi connectivity index (χ2n) is 7.26. The number of hydrogen-bond donors (Lipinski definition) is 0. The van der Waals surface area contributed by atoms with E-state index >= 15 is 0 Å². The summed E-state index contributed by atoms with van der Waals surface area (Å²) in [7, 11) is 2.99. The van der Waals surface area contributed by atoms with Gasteiger partial charge < -0.3 is 23.7 Å². The van der Waals surface area contributed by atoms with Gasteiger partial charge in [0.2, 0.25) is 16.6 Å². The third-order valence-electron chi connectivity index (χ3n) is 5.22. The predicted octanol–water partition coefficient (Wildman–Crippen LogP) is 3.74. The van der Waals surface area contributed by atoms with E-state index in [2.05, 4.69) is 9.27 Å². The number of methoxy groups -OCH3 is 2. The van der Waals surface area contributed by atoms with Crippen LogP contribution < -0.4 is 14.4 Å². The van der Waals surface area contributed by atoms with E-state index in [-0.39, 0.29) is 17.7 Å². The zero-order chi connectivity index (χ0) is 22.0. The van der Waals surface area contributed by atoms with Crippen LogP contribution in [0.2, 0.25) is 5.02 Å². The summed E-state index contributed by atoms with van der Waals surface area (Å²) in [4.78, 5) is 21.7. The van der Waals surface area contributed by atoms with Crippen LogP contribution in [0.4, 0.5) is 5.13 Å². The summed E-state index contributed by atoms with van der Waals surface area (Å²) in [5.41, 5.74) is 1.11. The second-order valence-corrected chi connectivity index (χ2v) is 8.42. The molecule has 164 valence electrons. The molecule has 0 saturated carbocycles. The number of anilines is 1. The maximum atomic E-state index is 13.0. The summed E-state index contributed by atoms with van der Waals surface area (Å²) < 4.78 is 20.4. The number of halogens is 1. The topological polar surface area (TPSA) is 80.9 Å². The Morgan fingerprint density at radius 1 is 1.26 bits per heavy atom. The van der Waals surface area contributed by atoms with Crippen LogP contribution in [0.15, 0.2) is 34.9 Å². The van der Waals surface area contributed by atoms with Crippen LogP contribution >= 0.6 is 23.1 Å². The van der Waals surface area contributed by atoms with Crippen molar-refractivity contribution in [1.82, 2.24) is 14.3 Å². The van der Waals surface area contributed by atoms with Gasteiger partial charge in [-0.3, -0.25) is 4.79 Å².